The number of halogens is 1. The van der Waals surface area contributed by atoms with Gasteiger partial charge >= 0.3 is 10.2 Å². The van der Waals surface area contributed by atoms with E-state index in [1.54, 1.807) is 11.8 Å². The van der Waals surface area contributed by atoms with Crippen molar-refractivity contribution in [3.05, 3.63) is 65.5 Å². The lowest BCUT2D eigenvalue weighted by atomic mass is 10.2. The van der Waals surface area contributed by atoms with Crippen molar-refractivity contribution in [3.8, 4) is 0 Å². The van der Waals surface area contributed by atoms with Crippen LogP contribution in [0.1, 0.15) is 11.1 Å². The van der Waals surface area contributed by atoms with Gasteiger partial charge in [0.1, 0.15) is 12.4 Å². The van der Waals surface area contributed by atoms with Gasteiger partial charge in [-0.05, 0) is 24.6 Å². The van der Waals surface area contributed by atoms with E-state index in [0.717, 1.165) is 20.4 Å². The Bertz CT molecular complexity index is 936. The summed E-state index contributed by atoms with van der Waals surface area (Å²) < 4.78 is 41.1. The first-order valence-electron chi connectivity index (χ1n) is 9.06. The number of aryl methyl sites for hydroxylation is 1. The van der Waals surface area contributed by atoms with Crippen LogP contribution in [-0.4, -0.2) is 51.6 Å². The second-order valence-electron chi connectivity index (χ2n) is 6.64. The molecule has 0 bridgehead atoms. The average molecular weight is 440 g/mol. The van der Waals surface area contributed by atoms with E-state index in [-0.39, 0.29) is 5.69 Å². The Labute approximate surface area is 176 Å². The van der Waals surface area contributed by atoms with E-state index in [4.69, 9.17) is 0 Å². The molecule has 0 aliphatic heterocycles. The van der Waals surface area contributed by atoms with Crippen LogP contribution in [0.4, 0.5) is 10.1 Å². The van der Waals surface area contributed by atoms with Crippen LogP contribution in [0.5, 0.6) is 0 Å². The standard InChI is InChI=1S/C20H26FN3O3S2/c1-16-7-6-8-17(13-16)15-28-12-11-22-20(25)14-24(29(26,27)23(2)3)19-10-5-4-9-18(19)21/h4-10,13H,11-12,14-15H2,1-3H3,(H,22,25). The first-order valence-corrected chi connectivity index (χ1v) is 11.6. The Morgan fingerprint density at radius 3 is 2.52 bits per heavy atom. The van der Waals surface area contributed by atoms with Gasteiger partial charge in [-0.3, -0.25) is 4.79 Å². The molecule has 0 saturated heterocycles. The molecule has 0 radical (unpaired) electrons. The fourth-order valence-corrected chi connectivity index (χ4v) is 4.46. The molecule has 0 unspecified atom stereocenters. The number of thioether (sulfide) groups is 1. The van der Waals surface area contributed by atoms with Crippen molar-refractivity contribution in [1.82, 2.24) is 9.62 Å². The van der Waals surface area contributed by atoms with Crippen molar-refractivity contribution < 1.29 is 17.6 Å². The molecule has 0 atom stereocenters. The van der Waals surface area contributed by atoms with E-state index in [2.05, 4.69) is 17.4 Å². The molecular formula is C20H26FN3O3S2. The first kappa shape index (κ1) is 23.2. The van der Waals surface area contributed by atoms with Crippen LogP contribution in [0.2, 0.25) is 0 Å². The highest BCUT2D eigenvalue weighted by Gasteiger charge is 2.29. The summed E-state index contributed by atoms with van der Waals surface area (Å²) >= 11 is 1.67. The maximum Gasteiger partial charge on any atom is 0.304 e. The van der Waals surface area contributed by atoms with Gasteiger partial charge in [-0.2, -0.15) is 24.5 Å². The molecule has 6 nitrogen and oxygen atoms in total. The van der Waals surface area contributed by atoms with Gasteiger partial charge in [-0.25, -0.2) is 8.70 Å². The van der Waals surface area contributed by atoms with Crippen molar-refractivity contribution in [2.75, 3.05) is 37.2 Å². The molecule has 0 aliphatic rings. The van der Waals surface area contributed by atoms with Gasteiger partial charge in [0.05, 0.1) is 5.69 Å². The molecule has 0 saturated carbocycles. The molecule has 0 fully saturated rings. The third-order valence-corrected chi connectivity index (χ3v) is 6.90. The predicted molar refractivity (Wildman–Crippen MR) is 117 cm³/mol. The number of amides is 1. The Hall–Kier alpha value is -2.10. The summed E-state index contributed by atoms with van der Waals surface area (Å²) in [6.07, 6.45) is 0. The highest BCUT2D eigenvalue weighted by molar-refractivity contribution is 7.98. The van der Waals surface area contributed by atoms with Crippen molar-refractivity contribution in [3.63, 3.8) is 0 Å². The smallest absolute Gasteiger partial charge is 0.304 e. The second-order valence-corrected chi connectivity index (χ2v) is 9.81. The Morgan fingerprint density at radius 2 is 1.86 bits per heavy atom. The van der Waals surface area contributed by atoms with E-state index in [1.807, 2.05) is 19.1 Å². The lowest BCUT2D eigenvalue weighted by molar-refractivity contribution is -0.119. The number of carbonyl (C=O) groups excluding carboxylic acids is 1. The van der Waals surface area contributed by atoms with Crippen molar-refractivity contribution >= 4 is 33.6 Å². The SMILES string of the molecule is Cc1cccc(CSCCNC(=O)CN(c2ccccc2F)S(=O)(=O)N(C)C)c1. The van der Waals surface area contributed by atoms with Crippen LogP contribution in [0.25, 0.3) is 0 Å². The third-order valence-electron chi connectivity index (χ3n) is 4.07. The molecule has 0 spiro atoms. The molecule has 0 aromatic heterocycles. The minimum atomic E-state index is -4.02. The fraction of sp³-hybridized carbons (Fsp3) is 0.350. The zero-order valence-corrected chi connectivity index (χ0v) is 18.4. The maximum absolute atomic E-state index is 14.2. The van der Waals surface area contributed by atoms with E-state index in [1.165, 1.54) is 43.4 Å². The molecule has 1 amide bonds. The predicted octanol–water partition coefficient (Wildman–Crippen LogP) is 2.80. The van der Waals surface area contributed by atoms with Gasteiger partial charge in [0, 0.05) is 32.1 Å². The largest absolute Gasteiger partial charge is 0.354 e. The number of benzene rings is 2. The second kappa shape index (κ2) is 10.6. The highest BCUT2D eigenvalue weighted by atomic mass is 32.2. The number of para-hydroxylation sites is 1. The third kappa shape index (κ3) is 6.73. The Kier molecular flexibility index (Phi) is 8.48. The molecule has 2 aromatic rings. The van der Waals surface area contributed by atoms with Gasteiger partial charge in [-0.15, -0.1) is 0 Å². The molecule has 0 heterocycles. The lowest BCUT2D eigenvalue weighted by Gasteiger charge is -2.27. The summed E-state index contributed by atoms with van der Waals surface area (Å²) in [6, 6.07) is 13.7. The quantitative estimate of drug-likeness (QED) is 0.578. The number of hydrogen-bond donors (Lipinski definition) is 1. The zero-order valence-electron chi connectivity index (χ0n) is 16.8. The molecule has 0 aliphatic carbocycles. The van der Waals surface area contributed by atoms with Crippen molar-refractivity contribution in [2.45, 2.75) is 12.7 Å². The molecule has 2 aromatic carbocycles. The zero-order chi connectivity index (χ0) is 21.4. The number of nitrogens with one attached hydrogen (secondary N) is 1. The van der Waals surface area contributed by atoms with E-state index in [0.29, 0.717) is 12.3 Å². The molecule has 2 rings (SSSR count). The van der Waals surface area contributed by atoms with Crippen LogP contribution in [0.3, 0.4) is 0 Å². The van der Waals surface area contributed by atoms with Gasteiger partial charge in [-0.1, -0.05) is 42.0 Å². The van der Waals surface area contributed by atoms with E-state index < -0.39 is 28.5 Å². The minimum Gasteiger partial charge on any atom is -0.354 e. The van der Waals surface area contributed by atoms with Crippen LogP contribution in [0.15, 0.2) is 48.5 Å². The summed E-state index contributed by atoms with van der Waals surface area (Å²) in [7, 11) is -1.35. The molecule has 29 heavy (non-hydrogen) atoms. The monoisotopic (exact) mass is 439 g/mol. The minimum absolute atomic E-state index is 0.162. The summed E-state index contributed by atoms with van der Waals surface area (Å²) in [5.74, 6) is 0.308. The summed E-state index contributed by atoms with van der Waals surface area (Å²) in [4.78, 5) is 12.3. The molecule has 9 heteroatoms. The number of nitrogens with zero attached hydrogens (tertiary/aromatic N) is 2. The number of carbonyl (C=O) groups is 1. The van der Waals surface area contributed by atoms with Gasteiger partial charge in [0.25, 0.3) is 0 Å². The van der Waals surface area contributed by atoms with Crippen LogP contribution in [-0.2, 0) is 20.8 Å². The molecule has 158 valence electrons. The normalized spacial score (nSPS) is 11.5. The average Bonchev–Trinajstić information content (AvgIpc) is 2.66. The highest BCUT2D eigenvalue weighted by Crippen LogP contribution is 2.22. The number of hydrogen-bond acceptors (Lipinski definition) is 4. The summed E-state index contributed by atoms with van der Waals surface area (Å²) in [6.45, 7) is 1.93. The van der Waals surface area contributed by atoms with Crippen molar-refractivity contribution in [1.29, 1.82) is 0 Å². The summed E-state index contributed by atoms with van der Waals surface area (Å²) in [5, 5.41) is 2.70. The van der Waals surface area contributed by atoms with Crippen LogP contribution < -0.4 is 9.62 Å². The Balaban J connectivity index is 1.92. The number of anilines is 1. The molecular weight excluding hydrogens is 413 g/mol. The topological polar surface area (TPSA) is 69.7 Å². The van der Waals surface area contributed by atoms with Crippen molar-refractivity contribution in [2.24, 2.45) is 0 Å². The molecule has 1 N–H and O–H groups in total. The number of rotatable bonds is 10. The Morgan fingerprint density at radius 1 is 1.14 bits per heavy atom. The fourth-order valence-electron chi connectivity index (χ4n) is 2.58. The van der Waals surface area contributed by atoms with Gasteiger partial charge in [0.2, 0.25) is 5.91 Å². The van der Waals surface area contributed by atoms with Crippen LogP contribution >= 0.6 is 11.8 Å². The van der Waals surface area contributed by atoms with E-state index in [9.17, 15) is 17.6 Å². The lowest BCUT2D eigenvalue weighted by Crippen LogP contribution is -2.46. The summed E-state index contributed by atoms with van der Waals surface area (Å²) in [5.41, 5.74) is 2.25. The van der Waals surface area contributed by atoms with Gasteiger partial charge in [0.15, 0.2) is 0 Å². The van der Waals surface area contributed by atoms with Gasteiger partial charge < -0.3 is 5.32 Å². The maximum atomic E-state index is 14.2. The van der Waals surface area contributed by atoms with E-state index >= 15 is 0 Å². The van der Waals surface area contributed by atoms with Crippen LogP contribution in [0, 0.1) is 12.7 Å². The first-order chi connectivity index (χ1) is 13.7.